The minimum absolute atomic E-state index is 0. The minimum atomic E-state index is -1.26. The Kier molecular flexibility index (Phi) is 31.3. The number of unbranched alkanes of at least 4 members (excludes halogenated alkanes) is 11. The van der Waals surface area contributed by atoms with Crippen LogP contribution in [0.5, 0.6) is 0 Å². The Hall–Kier alpha value is 0.530. The van der Waals surface area contributed by atoms with Crippen molar-refractivity contribution in [3.8, 4) is 0 Å². The molecule has 0 aliphatic rings. The Labute approximate surface area is 249 Å². The quantitative estimate of drug-likeness (QED) is 0.0479. The van der Waals surface area contributed by atoms with Crippen LogP contribution in [0.3, 0.4) is 0 Å². The average Bonchev–Trinajstić information content (AvgIpc) is 2.73. The fourth-order valence-electron chi connectivity index (χ4n) is 3.26. The monoisotopic (exact) mass is 490 g/mol. The fourth-order valence-corrected chi connectivity index (χ4v) is 3.26. The molecule has 0 saturated carbocycles. The van der Waals surface area contributed by atoms with Crippen LogP contribution in [0.1, 0.15) is 114 Å². The molecule has 0 rings (SSSR count). The molecule has 0 heterocycles. The summed E-state index contributed by atoms with van der Waals surface area (Å²) in [7, 11) is 0. The molecule has 7 nitrogen and oxygen atoms in total. The molecule has 186 valence electrons. The van der Waals surface area contributed by atoms with Gasteiger partial charge in [0.1, 0.15) is 6.61 Å². The maximum Gasteiger partial charge on any atom is 1.00 e. The minimum Gasteiger partial charge on any atom is -1.00 e. The third kappa shape index (κ3) is 27.0. The average molecular weight is 491 g/mol. The van der Waals surface area contributed by atoms with Crippen LogP contribution >= 0.6 is 0 Å². The largest absolute Gasteiger partial charge is 1.00 e. The molecule has 33 heavy (non-hydrogen) atoms. The number of hydrazine groups is 1. The molecule has 0 aliphatic heterocycles. The second-order valence-corrected chi connectivity index (χ2v) is 8.70. The summed E-state index contributed by atoms with van der Waals surface area (Å²) in [5.41, 5.74) is 0. The van der Waals surface area contributed by atoms with E-state index in [4.69, 9.17) is 10.6 Å². The van der Waals surface area contributed by atoms with Crippen molar-refractivity contribution < 1.29 is 85.8 Å². The standard InChI is InChI=1S/C24H46N2O5.2Na.2H/c1-4-26(25)19-20-30-23(28)24(29)31-22(27)18-16-14-12-10-8-6-5-7-9-11-13-15-17-21(2)3;;;;/h21H,4-20,25H2,1-3H3;;;;/q;2*+1;2*-1. The number of carbonyl (C=O) groups excluding carboxylic acids is 3. The first-order valence-electron chi connectivity index (χ1n) is 12.3. The molecule has 0 atom stereocenters. The molecule has 9 heteroatoms. The van der Waals surface area contributed by atoms with Crippen LogP contribution in [0.4, 0.5) is 0 Å². The summed E-state index contributed by atoms with van der Waals surface area (Å²) in [5, 5.41) is 1.44. The zero-order valence-electron chi connectivity index (χ0n) is 24.2. The van der Waals surface area contributed by atoms with E-state index in [1.165, 1.54) is 69.2 Å². The molecular formula is C24H48N2Na2O5. The van der Waals surface area contributed by atoms with Gasteiger partial charge < -0.3 is 12.3 Å². The Balaban J connectivity index is -0.000000750. The molecule has 0 spiro atoms. The summed E-state index contributed by atoms with van der Waals surface area (Å²) in [5.74, 6) is 3.27. The molecule has 2 N–H and O–H groups in total. The summed E-state index contributed by atoms with van der Waals surface area (Å²) in [4.78, 5) is 34.6. The van der Waals surface area contributed by atoms with E-state index in [9.17, 15) is 14.4 Å². The van der Waals surface area contributed by atoms with Gasteiger partial charge in [0.15, 0.2) is 0 Å². The van der Waals surface area contributed by atoms with Gasteiger partial charge in [0.2, 0.25) is 0 Å². The predicted octanol–water partition coefficient (Wildman–Crippen LogP) is -0.855. The van der Waals surface area contributed by atoms with Gasteiger partial charge in [-0.3, -0.25) is 10.6 Å². The number of nitrogens with zero attached hydrogens (tertiary/aromatic N) is 1. The van der Waals surface area contributed by atoms with Crippen molar-refractivity contribution in [2.75, 3.05) is 19.7 Å². The molecule has 0 amide bonds. The smallest absolute Gasteiger partial charge is 1.00 e. The van der Waals surface area contributed by atoms with Crippen molar-refractivity contribution in [2.45, 2.75) is 111 Å². The van der Waals surface area contributed by atoms with Crippen LogP contribution in [-0.4, -0.2) is 42.6 Å². The van der Waals surface area contributed by atoms with Gasteiger partial charge in [0.25, 0.3) is 0 Å². The number of esters is 3. The van der Waals surface area contributed by atoms with Crippen LogP contribution < -0.4 is 65.0 Å². The van der Waals surface area contributed by atoms with Gasteiger partial charge in [-0.15, -0.1) is 0 Å². The van der Waals surface area contributed by atoms with E-state index >= 15 is 0 Å². The van der Waals surface area contributed by atoms with E-state index in [2.05, 4.69) is 18.6 Å². The van der Waals surface area contributed by atoms with E-state index < -0.39 is 17.9 Å². The Morgan fingerprint density at radius 1 is 0.788 bits per heavy atom. The maximum absolute atomic E-state index is 11.6. The summed E-state index contributed by atoms with van der Waals surface area (Å²) in [6.07, 6.45) is 16.0. The zero-order chi connectivity index (χ0) is 23.3. The molecule has 0 unspecified atom stereocenters. The number of rotatable bonds is 19. The van der Waals surface area contributed by atoms with Crippen LogP contribution in [0.25, 0.3) is 0 Å². The number of hydrogen-bond donors (Lipinski definition) is 1. The first-order valence-corrected chi connectivity index (χ1v) is 12.3. The van der Waals surface area contributed by atoms with E-state index in [1.54, 1.807) is 0 Å². The maximum atomic E-state index is 11.6. The molecule has 0 aromatic rings. The molecule has 0 aromatic carbocycles. The van der Waals surface area contributed by atoms with Crippen molar-refractivity contribution in [1.29, 1.82) is 0 Å². The summed E-state index contributed by atoms with van der Waals surface area (Å²) in [6.45, 7) is 7.31. The van der Waals surface area contributed by atoms with Crippen molar-refractivity contribution in [3.05, 3.63) is 0 Å². The second-order valence-electron chi connectivity index (χ2n) is 8.70. The molecule has 0 fully saturated rings. The zero-order valence-corrected chi connectivity index (χ0v) is 26.2. The van der Waals surface area contributed by atoms with Gasteiger partial charge in [-0.25, -0.2) is 14.6 Å². The Bertz CT molecular complexity index is 505. The summed E-state index contributed by atoms with van der Waals surface area (Å²) >= 11 is 0. The molecule has 0 aliphatic carbocycles. The van der Waals surface area contributed by atoms with Crippen molar-refractivity contribution in [2.24, 2.45) is 11.8 Å². The summed E-state index contributed by atoms with van der Waals surface area (Å²) in [6, 6.07) is 0. The van der Waals surface area contributed by atoms with Gasteiger partial charge >= 0.3 is 77.0 Å². The van der Waals surface area contributed by atoms with Gasteiger partial charge in [-0.1, -0.05) is 97.8 Å². The molecule has 0 saturated heterocycles. The van der Waals surface area contributed by atoms with Crippen molar-refractivity contribution in [1.82, 2.24) is 5.01 Å². The van der Waals surface area contributed by atoms with Gasteiger partial charge in [0, 0.05) is 19.5 Å². The Morgan fingerprint density at radius 3 is 1.70 bits per heavy atom. The predicted molar refractivity (Wildman–Crippen MR) is 125 cm³/mol. The van der Waals surface area contributed by atoms with E-state index in [0.717, 1.165) is 18.8 Å². The molecule has 0 radical (unpaired) electrons. The number of ether oxygens (including phenoxy) is 2. The number of carbonyl (C=O) groups is 3. The van der Waals surface area contributed by atoms with E-state index in [0.29, 0.717) is 19.5 Å². The molecule has 0 aromatic heterocycles. The fraction of sp³-hybridized carbons (Fsp3) is 0.875. The summed E-state index contributed by atoms with van der Waals surface area (Å²) < 4.78 is 9.24. The first kappa shape index (κ1) is 38.1. The first-order chi connectivity index (χ1) is 14.9. The van der Waals surface area contributed by atoms with Gasteiger partial charge in [-0.05, 0) is 12.3 Å². The van der Waals surface area contributed by atoms with Crippen molar-refractivity contribution in [3.63, 3.8) is 0 Å². The Morgan fingerprint density at radius 2 is 1.24 bits per heavy atom. The van der Waals surface area contributed by atoms with Gasteiger partial charge in [-0.2, -0.15) is 0 Å². The third-order valence-electron chi connectivity index (χ3n) is 5.30. The SMILES string of the molecule is CCN(N)CCOC(=O)C(=O)OC(=O)CCCCCCCCCCCCCCC(C)C.[H-].[H-].[Na+].[Na+]. The number of nitrogens with two attached hydrogens (primary N) is 1. The molecular weight excluding hydrogens is 442 g/mol. The van der Waals surface area contributed by atoms with E-state index in [1.807, 2.05) is 6.92 Å². The van der Waals surface area contributed by atoms with Gasteiger partial charge in [0.05, 0.1) is 0 Å². The third-order valence-corrected chi connectivity index (χ3v) is 5.30. The van der Waals surface area contributed by atoms with Crippen LogP contribution in [0.15, 0.2) is 0 Å². The normalized spacial score (nSPS) is 10.5. The number of likely N-dealkylation sites (N-methyl/N-ethyl adjacent to an activating group) is 1. The molecule has 0 bridgehead atoms. The van der Waals surface area contributed by atoms with Crippen LogP contribution in [0, 0.1) is 5.92 Å². The number of hydrogen-bond acceptors (Lipinski definition) is 7. The second kappa shape index (κ2) is 27.1. The topological polar surface area (TPSA) is 98.9 Å². The van der Waals surface area contributed by atoms with Crippen LogP contribution in [0.2, 0.25) is 0 Å². The van der Waals surface area contributed by atoms with Crippen molar-refractivity contribution >= 4 is 17.9 Å². The van der Waals surface area contributed by atoms with Crippen LogP contribution in [-0.2, 0) is 23.9 Å². The van der Waals surface area contributed by atoms with E-state index in [-0.39, 0.29) is 75.0 Å².